The van der Waals surface area contributed by atoms with Gasteiger partial charge in [-0.1, -0.05) is 6.07 Å². The van der Waals surface area contributed by atoms with E-state index in [1.807, 2.05) is 6.07 Å². The van der Waals surface area contributed by atoms with E-state index < -0.39 is 6.10 Å². The van der Waals surface area contributed by atoms with E-state index in [1.54, 1.807) is 47.9 Å². The third kappa shape index (κ3) is 4.46. The van der Waals surface area contributed by atoms with Gasteiger partial charge >= 0.3 is 0 Å². The van der Waals surface area contributed by atoms with Gasteiger partial charge in [0.25, 0.3) is 5.91 Å². The number of carbonyl (C=O) groups excluding carboxylic acids is 2. The van der Waals surface area contributed by atoms with Crippen molar-refractivity contribution in [1.82, 2.24) is 9.80 Å². The number of ether oxygens (including phenoxy) is 1. The van der Waals surface area contributed by atoms with Gasteiger partial charge in [-0.25, -0.2) is 0 Å². The monoisotopic (exact) mass is 315 g/mol. The normalized spacial score (nSPS) is 16.2. The molecule has 0 saturated carbocycles. The first-order valence-electron chi connectivity index (χ1n) is 7.72. The largest absolute Gasteiger partial charge is 0.481 e. The molecule has 6 heteroatoms. The predicted octanol–water partition coefficient (Wildman–Crippen LogP) is 1.41. The minimum absolute atomic E-state index is 0.0388. The van der Waals surface area contributed by atoms with E-state index in [1.165, 1.54) is 0 Å². The lowest BCUT2D eigenvalue weighted by atomic mass is 10.2. The molecule has 122 valence electrons. The Morgan fingerprint density at radius 2 is 1.91 bits per heavy atom. The van der Waals surface area contributed by atoms with Crippen LogP contribution in [0.3, 0.4) is 0 Å². The molecule has 1 aliphatic rings. The Morgan fingerprint density at radius 1 is 1.22 bits per heavy atom. The van der Waals surface area contributed by atoms with Crippen molar-refractivity contribution in [2.24, 2.45) is 0 Å². The summed E-state index contributed by atoms with van der Waals surface area (Å²) in [4.78, 5) is 27.5. The van der Waals surface area contributed by atoms with Crippen LogP contribution in [0.25, 0.3) is 0 Å². The summed E-state index contributed by atoms with van der Waals surface area (Å²) in [5.74, 6) is 0.444. The minimum Gasteiger partial charge on any atom is -0.481 e. The van der Waals surface area contributed by atoms with Crippen LogP contribution in [0, 0.1) is 11.3 Å². The molecule has 2 amide bonds. The summed E-state index contributed by atoms with van der Waals surface area (Å²) in [5, 5.41) is 8.90. The van der Waals surface area contributed by atoms with E-state index in [0.717, 1.165) is 6.42 Å². The predicted molar refractivity (Wildman–Crippen MR) is 84.7 cm³/mol. The first-order chi connectivity index (χ1) is 11.0. The van der Waals surface area contributed by atoms with E-state index >= 15 is 0 Å². The minimum atomic E-state index is -0.632. The number of hydrogen-bond donors (Lipinski definition) is 0. The van der Waals surface area contributed by atoms with Gasteiger partial charge in [0.15, 0.2) is 6.10 Å². The Labute approximate surface area is 136 Å². The van der Waals surface area contributed by atoms with Crippen molar-refractivity contribution in [3.63, 3.8) is 0 Å². The van der Waals surface area contributed by atoms with Gasteiger partial charge in [0, 0.05) is 33.1 Å². The molecule has 6 nitrogen and oxygen atoms in total. The number of benzene rings is 1. The van der Waals surface area contributed by atoms with Crippen LogP contribution in [0.2, 0.25) is 0 Å². The summed E-state index contributed by atoms with van der Waals surface area (Å²) in [6.45, 7) is 5.62. The highest BCUT2D eigenvalue weighted by Crippen LogP contribution is 2.16. The van der Waals surface area contributed by atoms with E-state index in [2.05, 4.69) is 0 Å². The van der Waals surface area contributed by atoms with Gasteiger partial charge in [-0.2, -0.15) is 5.26 Å². The fourth-order valence-electron chi connectivity index (χ4n) is 2.60. The molecule has 1 heterocycles. The molecule has 0 N–H and O–H groups in total. The van der Waals surface area contributed by atoms with Gasteiger partial charge < -0.3 is 14.5 Å². The quantitative estimate of drug-likeness (QED) is 0.845. The highest BCUT2D eigenvalue weighted by molar-refractivity contribution is 5.81. The molecule has 0 aromatic heterocycles. The van der Waals surface area contributed by atoms with Gasteiger partial charge in [0.1, 0.15) is 5.75 Å². The van der Waals surface area contributed by atoms with E-state index in [4.69, 9.17) is 10.00 Å². The Hall–Kier alpha value is -2.55. The zero-order valence-electron chi connectivity index (χ0n) is 13.5. The second-order valence-electron chi connectivity index (χ2n) is 5.58. The first-order valence-corrected chi connectivity index (χ1v) is 7.72. The molecular weight excluding hydrogens is 294 g/mol. The van der Waals surface area contributed by atoms with E-state index in [9.17, 15) is 9.59 Å². The van der Waals surface area contributed by atoms with Crippen molar-refractivity contribution in [2.75, 3.05) is 26.2 Å². The number of carbonyl (C=O) groups is 2. The summed E-state index contributed by atoms with van der Waals surface area (Å²) in [6, 6.07) is 8.79. The van der Waals surface area contributed by atoms with Crippen LogP contribution in [0.15, 0.2) is 24.3 Å². The van der Waals surface area contributed by atoms with Gasteiger partial charge in [-0.15, -0.1) is 0 Å². The van der Waals surface area contributed by atoms with Crippen LogP contribution in [0.5, 0.6) is 5.75 Å². The number of hydrogen-bond acceptors (Lipinski definition) is 4. The van der Waals surface area contributed by atoms with Crippen molar-refractivity contribution >= 4 is 11.8 Å². The molecule has 23 heavy (non-hydrogen) atoms. The summed E-state index contributed by atoms with van der Waals surface area (Å²) in [7, 11) is 0. The van der Waals surface area contributed by atoms with Crippen LogP contribution in [0.4, 0.5) is 0 Å². The lowest BCUT2D eigenvalue weighted by Gasteiger charge is -2.25. The molecule has 1 aromatic carbocycles. The Morgan fingerprint density at radius 3 is 2.61 bits per heavy atom. The molecular formula is C17H21N3O3. The fraction of sp³-hybridized carbons (Fsp3) is 0.471. The fourth-order valence-corrected chi connectivity index (χ4v) is 2.60. The average Bonchev–Trinajstić information content (AvgIpc) is 2.80. The van der Waals surface area contributed by atoms with E-state index in [-0.39, 0.29) is 11.8 Å². The van der Waals surface area contributed by atoms with Crippen LogP contribution in [0.1, 0.15) is 25.8 Å². The lowest BCUT2D eigenvalue weighted by Crippen LogP contribution is -2.42. The number of nitrogens with zero attached hydrogens (tertiary/aromatic N) is 3. The molecule has 1 atom stereocenters. The number of amides is 2. The molecule has 1 aliphatic heterocycles. The average molecular weight is 315 g/mol. The molecule has 2 rings (SSSR count). The van der Waals surface area contributed by atoms with Gasteiger partial charge in [-0.05, 0) is 31.5 Å². The molecule has 1 unspecified atom stereocenters. The maximum atomic E-state index is 12.5. The van der Waals surface area contributed by atoms with Crippen molar-refractivity contribution in [2.45, 2.75) is 26.4 Å². The summed E-state index contributed by atoms with van der Waals surface area (Å²) >= 11 is 0. The SMILES string of the molecule is CC(=O)N1CCCN(C(=O)C(C)Oc2cccc(C#N)c2)CC1. The van der Waals surface area contributed by atoms with Crippen LogP contribution in [-0.4, -0.2) is 53.9 Å². The Balaban J connectivity index is 1.96. The van der Waals surface area contributed by atoms with Gasteiger partial charge in [0.2, 0.25) is 5.91 Å². The Bertz CT molecular complexity index is 624. The van der Waals surface area contributed by atoms with Crippen LogP contribution < -0.4 is 4.74 Å². The molecule has 0 bridgehead atoms. The lowest BCUT2D eigenvalue weighted by molar-refractivity contribution is -0.138. The van der Waals surface area contributed by atoms with Crippen molar-refractivity contribution in [3.05, 3.63) is 29.8 Å². The molecule has 0 radical (unpaired) electrons. The first kappa shape index (κ1) is 16.8. The summed E-state index contributed by atoms with van der Waals surface area (Å²) < 4.78 is 5.66. The summed E-state index contributed by atoms with van der Waals surface area (Å²) in [5.41, 5.74) is 0.494. The standard InChI is InChI=1S/C17H21N3O3/c1-13(23-16-6-3-5-15(11-16)12-18)17(22)20-8-4-7-19(9-10-20)14(2)21/h3,5-6,11,13H,4,7-10H2,1-2H3. The highest BCUT2D eigenvalue weighted by atomic mass is 16.5. The molecule has 1 aromatic rings. The summed E-state index contributed by atoms with van der Waals surface area (Å²) in [6.07, 6.45) is 0.134. The van der Waals surface area contributed by atoms with Gasteiger partial charge in [-0.3, -0.25) is 9.59 Å². The van der Waals surface area contributed by atoms with Crippen LogP contribution >= 0.6 is 0 Å². The third-order valence-corrected chi connectivity index (χ3v) is 3.88. The zero-order chi connectivity index (χ0) is 16.8. The zero-order valence-corrected chi connectivity index (χ0v) is 13.5. The highest BCUT2D eigenvalue weighted by Gasteiger charge is 2.25. The van der Waals surface area contributed by atoms with Crippen molar-refractivity contribution in [3.8, 4) is 11.8 Å². The van der Waals surface area contributed by atoms with Gasteiger partial charge in [0.05, 0.1) is 11.6 Å². The smallest absolute Gasteiger partial charge is 0.263 e. The van der Waals surface area contributed by atoms with Crippen LogP contribution in [-0.2, 0) is 9.59 Å². The Kier molecular flexibility index (Phi) is 5.58. The molecule has 0 spiro atoms. The van der Waals surface area contributed by atoms with Crippen molar-refractivity contribution in [1.29, 1.82) is 5.26 Å². The van der Waals surface area contributed by atoms with Crippen molar-refractivity contribution < 1.29 is 14.3 Å². The molecule has 1 fully saturated rings. The second kappa shape index (κ2) is 7.63. The second-order valence-corrected chi connectivity index (χ2v) is 5.58. The molecule has 0 aliphatic carbocycles. The number of nitriles is 1. The topological polar surface area (TPSA) is 73.6 Å². The third-order valence-electron chi connectivity index (χ3n) is 3.88. The maximum absolute atomic E-state index is 12.5. The number of rotatable bonds is 3. The maximum Gasteiger partial charge on any atom is 0.263 e. The van der Waals surface area contributed by atoms with E-state index in [0.29, 0.717) is 37.5 Å². The molecule has 1 saturated heterocycles.